The number of amides is 2. The molecule has 24 heavy (non-hydrogen) atoms. The van der Waals surface area contributed by atoms with Crippen molar-refractivity contribution in [3.63, 3.8) is 0 Å². The van der Waals surface area contributed by atoms with Gasteiger partial charge in [0.2, 0.25) is 11.8 Å². The molecule has 3 N–H and O–H groups in total. The molecule has 0 saturated carbocycles. The Bertz CT molecular complexity index is 587. The minimum atomic E-state index is -1.12. The van der Waals surface area contributed by atoms with Crippen molar-refractivity contribution in [2.24, 2.45) is 5.92 Å². The number of carbonyl (C=O) groups is 3. The van der Waals surface area contributed by atoms with Gasteiger partial charge in [-0.1, -0.05) is 26.0 Å². The van der Waals surface area contributed by atoms with Gasteiger partial charge >= 0.3 is 5.97 Å². The van der Waals surface area contributed by atoms with Crippen LogP contribution in [0.5, 0.6) is 0 Å². The van der Waals surface area contributed by atoms with E-state index < -0.39 is 35.7 Å². The second-order valence-electron chi connectivity index (χ2n) is 6.11. The second kappa shape index (κ2) is 9.00. The molecule has 1 aromatic rings. The van der Waals surface area contributed by atoms with Gasteiger partial charge in [0.1, 0.15) is 17.9 Å². The lowest BCUT2D eigenvalue weighted by molar-refractivity contribution is -0.142. The third-order valence-electron chi connectivity index (χ3n) is 3.37. The molecule has 2 atom stereocenters. The number of aliphatic carboxylic acids is 1. The highest BCUT2D eigenvalue weighted by molar-refractivity contribution is 5.90. The molecule has 0 unspecified atom stereocenters. The summed E-state index contributed by atoms with van der Waals surface area (Å²) in [7, 11) is 0. The Morgan fingerprint density at radius 2 is 1.67 bits per heavy atom. The highest BCUT2D eigenvalue weighted by Crippen LogP contribution is 2.09. The maximum Gasteiger partial charge on any atom is 0.326 e. The van der Waals surface area contributed by atoms with E-state index in [1.54, 1.807) is 0 Å². The van der Waals surface area contributed by atoms with E-state index in [9.17, 15) is 23.9 Å². The molecule has 0 fully saturated rings. The number of benzene rings is 1. The van der Waals surface area contributed by atoms with E-state index in [2.05, 4.69) is 10.6 Å². The first kappa shape index (κ1) is 19.6. The maximum absolute atomic E-state index is 13.0. The minimum Gasteiger partial charge on any atom is -0.480 e. The van der Waals surface area contributed by atoms with Gasteiger partial charge in [-0.2, -0.15) is 0 Å². The van der Waals surface area contributed by atoms with Crippen LogP contribution in [0.25, 0.3) is 0 Å². The molecule has 7 heteroatoms. The summed E-state index contributed by atoms with van der Waals surface area (Å²) in [5.41, 5.74) is 0.654. The molecule has 0 spiro atoms. The van der Waals surface area contributed by atoms with Crippen molar-refractivity contribution in [1.82, 2.24) is 10.6 Å². The first-order valence-corrected chi connectivity index (χ1v) is 7.73. The van der Waals surface area contributed by atoms with Gasteiger partial charge < -0.3 is 15.7 Å². The van der Waals surface area contributed by atoms with Gasteiger partial charge in [0, 0.05) is 13.3 Å². The van der Waals surface area contributed by atoms with Gasteiger partial charge in [0.15, 0.2) is 0 Å². The van der Waals surface area contributed by atoms with E-state index in [0.717, 1.165) is 0 Å². The third kappa shape index (κ3) is 6.76. The van der Waals surface area contributed by atoms with Crippen LogP contribution in [0.1, 0.15) is 32.8 Å². The summed E-state index contributed by atoms with van der Waals surface area (Å²) in [6.07, 6.45) is 0.421. The van der Waals surface area contributed by atoms with Gasteiger partial charge in [-0.15, -0.1) is 0 Å². The van der Waals surface area contributed by atoms with Crippen molar-refractivity contribution in [2.45, 2.75) is 45.7 Å². The van der Waals surface area contributed by atoms with Crippen LogP contribution in [0.4, 0.5) is 4.39 Å². The van der Waals surface area contributed by atoms with Crippen LogP contribution in [0.15, 0.2) is 24.3 Å². The summed E-state index contributed by atoms with van der Waals surface area (Å²) < 4.78 is 13.0. The van der Waals surface area contributed by atoms with Crippen LogP contribution in [0.3, 0.4) is 0 Å². The molecule has 0 aliphatic carbocycles. The normalized spacial score (nSPS) is 13.2. The lowest BCUT2D eigenvalue weighted by Gasteiger charge is -2.22. The van der Waals surface area contributed by atoms with E-state index in [4.69, 9.17) is 0 Å². The van der Waals surface area contributed by atoms with Crippen LogP contribution < -0.4 is 10.6 Å². The Balaban J connectivity index is 2.85. The van der Waals surface area contributed by atoms with Crippen molar-refractivity contribution < 1.29 is 23.9 Å². The summed E-state index contributed by atoms with van der Waals surface area (Å²) in [5.74, 6) is -2.43. The summed E-state index contributed by atoms with van der Waals surface area (Å²) >= 11 is 0. The zero-order valence-corrected chi connectivity index (χ0v) is 14.0. The molecule has 0 radical (unpaired) electrons. The molecule has 1 aromatic carbocycles. The van der Waals surface area contributed by atoms with Gasteiger partial charge in [-0.05, 0) is 30.0 Å². The van der Waals surface area contributed by atoms with Crippen LogP contribution in [0, 0.1) is 11.7 Å². The molecule has 0 bridgehead atoms. The summed E-state index contributed by atoms with van der Waals surface area (Å²) in [5, 5.41) is 14.2. The van der Waals surface area contributed by atoms with Crippen molar-refractivity contribution >= 4 is 17.8 Å². The molecule has 0 saturated heterocycles. The Morgan fingerprint density at radius 3 is 2.12 bits per heavy atom. The average molecular weight is 338 g/mol. The van der Waals surface area contributed by atoms with Crippen molar-refractivity contribution in [3.8, 4) is 0 Å². The summed E-state index contributed by atoms with van der Waals surface area (Å²) in [4.78, 5) is 35.0. The Labute approximate surface area is 140 Å². The topological polar surface area (TPSA) is 95.5 Å². The molecular weight excluding hydrogens is 315 g/mol. The quantitative estimate of drug-likeness (QED) is 0.669. The van der Waals surface area contributed by atoms with Gasteiger partial charge in [0.25, 0.3) is 0 Å². The van der Waals surface area contributed by atoms with Crippen LogP contribution in [0.2, 0.25) is 0 Å². The molecule has 6 nitrogen and oxygen atoms in total. The molecule has 132 valence electrons. The first-order chi connectivity index (χ1) is 11.2. The number of carbonyl (C=O) groups excluding carboxylic acids is 2. The number of carboxylic acid groups (broad SMARTS) is 1. The standard InChI is InChI=1S/C17H23FN2O4/c1-10(2)8-15(17(23)24)20-16(22)14(19-11(3)21)9-12-4-6-13(18)7-5-12/h4-7,10,14-15H,8-9H2,1-3H3,(H,19,21)(H,20,22)(H,23,24)/t14-,15-/m1/s1. The maximum atomic E-state index is 13.0. The number of carboxylic acids is 1. The van der Waals surface area contributed by atoms with Crippen molar-refractivity contribution in [3.05, 3.63) is 35.6 Å². The number of hydrogen-bond donors (Lipinski definition) is 3. The molecular formula is C17H23FN2O4. The average Bonchev–Trinajstić information content (AvgIpc) is 2.47. The van der Waals surface area contributed by atoms with Crippen molar-refractivity contribution in [2.75, 3.05) is 0 Å². The predicted octanol–water partition coefficient (Wildman–Crippen LogP) is 1.49. The van der Waals surface area contributed by atoms with E-state index in [-0.39, 0.29) is 18.8 Å². The van der Waals surface area contributed by atoms with E-state index >= 15 is 0 Å². The lowest BCUT2D eigenvalue weighted by Crippen LogP contribution is -2.52. The Morgan fingerprint density at radius 1 is 1.08 bits per heavy atom. The molecule has 2 amide bonds. The highest BCUT2D eigenvalue weighted by Gasteiger charge is 2.26. The van der Waals surface area contributed by atoms with Crippen LogP contribution >= 0.6 is 0 Å². The number of rotatable bonds is 8. The summed E-state index contributed by atoms with van der Waals surface area (Å²) in [6.45, 7) is 4.98. The Hall–Kier alpha value is -2.44. The number of halogens is 1. The molecule has 0 aliphatic rings. The van der Waals surface area contributed by atoms with Crippen LogP contribution in [-0.4, -0.2) is 35.0 Å². The minimum absolute atomic E-state index is 0.0858. The van der Waals surface area contributed by atoms with Gasteiger partial charge in [-0.25, -0.2) is 9.18 Å². The van der Waals surface area contributed by atoms with E-state index in [1.165, 1.54) is 31.2 Å². The smallest absolute Gasteiger partial charge is 0.326 e. The lowest BCUT2D eigenvalue weighted by atomic mass is 10.0. The monoisotopic (exact) mass is 338 g/mol. The first-order valence-electron chi connectivity index (χ1n) is 7.73. The highest BCUT2D eigenvalue weighted by atomic mass is 19.1. The SMILES string of the molecule is CC(=O)N[C@H](Cc1ccc(F)cc1)C(=O)N[C@H](CC(C)C)C(=O)O. The zero-order chi connectivity index (χ0) is 18.3. The fraction of sp³-hybridized carbons (Fsp3) is 0.471. The Kier molecular flexibility index (Phi) is 7.35. The molecule has 0 aromatic heterocycles. The predicted molar refractivity (Wildman–Crippen MR) is 86.7 cm³/mol. The zero-order valence-electron chi connectivity index (χ0n) is 14.0. The number of nitrogens with one attached hydrogen (secondary N) is 2. The fourth-order valence-corrected chi connectivity index (χ4v) is 2.28. The molecule has 1 rings (SSSR count). The fourth-order valence-electron chi connectivity index (χ4n) is 2.28. The summed E-state index contributed by atoms with van der Waals surface area (Å²) in [6, 6.07) is 3.60. The number of hydrogen-bond acceptors (Lipinski definition) is 3. The second-order valence-corrected chi connectivity index (χ2v) is 6.11. The van der Waals surface area contributed by atoms with E-state index in [1.807, 2.05) is 13.8 Å². The molecule has 0 aliphatic heterocycles. The third-order valence-corrected chi connectivity index (χ3v) is 3.37. The largest absolute Gasteiger partial charge is 0.480 e. The molecule has 0 heterocycles. The van der Waals surface area contributed by atoms with Gasteiger partial charge in [-0.3, -0.25) is 9.59 Å². The van der Waals surface area contributed by atoms with E-state index in [0.29, 0.717) is 5.56 Å². The van der Waals surface area contributed by atoms with Gasteiger partial charge in [0.05, 0.1) is 0 Å². The van der Waals surface area contributed by atoms with Crippen molar-refractivity contribution in [1.29, 1.82) is 0 Å². The van der Waals surface area contributed by atoms with Crippen LogP contribution in [-0.2, 0) is 20.8 Å².